The molecule has 0 saturated carbocycles. The molecule has 1 fully saturated rings. The van der Waals surface area contributed by atoms with E-state index in [0.29, 0.717) is 6.54 Å². The molecule has 4 N–H and O–H groups in total. The third-order valence-electron chi connectivity index (χ3n) is 3.59. The molecule has 0 aliphatic carbocycles. The van der Waals surface area contributed by atoms with Crippen molar-refractivity contribution in [2.24, 2.45) is 0 Å². The molecule has 0 radical (unpaired) electrons. The number of nitrogen functional groups attached to an aromatic ring is 1. The van der Waals surface area contributed by atoms with E-state index in [1.807, 2.05) is 11.8 Å². The lowest BCUT2D eigenvalue weighted by Crippen LogP contribution is -2.46. The molecule has 6 nitrogen and oxygen atoms in total. The van der Waals surface area contributed by atoms with E-state index in [9.17, 15) is 13.5 Å². The molecule has 1 aliphatic rings. The number of aliphatic hydroxyl groups is 1. The number of piperidine rings is 1. The molecule has 1 heterocycles. The van der Waals surface area contributed by atoms with E-state index in [1.165, 1.54) is 13.1 Å². The van der Waals surface area contributed by atoms with Crippen molar-refractivity contribution in [3.8, 4) is 0 Å². The SMILES string of the molecule is CNS(=O)(=O)c1ccc(N2CCCC(C)(O)C2)cc1N. The van der Waals surface area contributed by atoms with Crippen molar-refractivity contribution >= 4 is 21.4 Å². The van der Waals surface area contributed by atoms with E-state index in [2.05, 4.69) is 4.72 Å². The number of sulfonamides is 1. The molecule has 1 saturated heterocycles. The molecule has 112 valence electrons. The Morgan fingerprint density at radius 2 is 2.15 bits per heavy atom. The normalized spacial score (nSPS) is 23.9. The minimum atomic E-state index is -3.54. The highest BCUT2D eigenvalue weighted by molar-refractivity contribution is 7.89. The van der Waals surface area contributed by atoms with Crippen molar-refractivity contribution in [2.45, 2.75) is 30.3 Å². The molecule has 0 spiro atoms. The fourth-order valence-corrected chi connectivity index (χ4v) is 3.36. The van der Waals surface area contributed by atoms with Crippen LogP contribution in [0.15, 0.2) is 23.1 Å². The van der Waals surface area contributed by atoms with Crippen LogP contribution in [0, 0.1) is 0 Å². The third-order valence-corrected chi connectivity index (χ3v) is 5.08. The van der Waals surface area contributed by atoms with Gasteiger partial charge < -0.3 is 15.7 Å². The van der Waals surface area contributed by atoms with E-state index in [-0.39, 0.29) is 10.6 Å². The molecular formula is C13H21N3O3S. The second kappa shape index (κ2) is 5.23. The summed E-state index contributed by atoms with van der Waals surface area (Å²) in [6.45, 7) is 3.15. The molecule has 0 amide bonds. The van der Waals surface area contributed by atoms with Gasteiger partial charge in [-0.1, -0.05) is 0 Å². The number of hydrogen-bond donors (Lipinski definition) is 3. The van der Waals surface area contributed by atoms with Gasteiger partial charge in [0.25, 0.3) is 0 Å². The summed E-state index contributed by atoms with van der Waals surface area (Å²) < 4.78 is 25.8. The Kier molecular flexibility index (Phi) is 3.95. The first kappa shape index (κ1) is 15.1. The lowest BCUT2D eigenvalue weighted by molar-refractivity contribution is 0.0449. The number of nitrogens with one attached hydrogen (secondary N) is 1. The number of nitrogens with zero attached hydrogens (tertiary/aromatic N) is 1. The maximum absolute atomic E-state index is 11.8. The Labute approximate surface area is 119 Å². The first-order valence-corrected chi connectivity index (χ1v) is 8.04. The number of β-amino-alcohol motifs (C(OH)–C–C–N with tert-alkyl or cyclic N) is 1. The van der Waals surface area contributed by atoms with Gasteiger partial charge in [-0.3, -0.25) is 0 Å². The molecular weight excluding hydrogens is 278 g/mol. The van der Waals surface area contributed by atoms with Gasteiger partial charge in [0.2, 0.25) is 10.0 Å². The number of nitrogens with two attached hydrogens (primary N) is 1. The van der Waals surface area contributed by atoms with Gasteiger partial charge in [0.05, 0.1) is 11.3 Å². The van der Waals surface area contributed by atoms with Gasteiger partial charge in [-0.15, -0.1) is 0 Å². The fraction of sp³-hybridized carbons (Fsp3) is 0.538. The number of benzene rings is 1. The highest BCUT2D eigenvalue weighted by atomic mass is 32.2. The summed E-state index contributed by atoms with van der Waals surface area (Å²) in [6.07, 6.45) is 1.66. The van der Waals surface area contributed by atoms with Gasteiger partial charge in [-0.2, -0.15) is 0 Å². The molecule has 0 bridgehead atoms. The van der Waals surface area contributed by atoms with Gasteiger partial charge >= 0.3 is 0 Å². The van der Waals surface area contributed by atoms with E-state index in [4.69, 9.17) is 5.73 Å². The number of anilines is 2. The van der Waals surface area contributed by atoms with Gasteiger partial charge in [-0.05, 0) is 45.0 Å². The molecule has 1 atom stereocenters. The van der Waals surface area contributed by atoms with Crippen molar-refractivity contribution < 1.29 is 13.5 Å². The molecule has 1 aliphatic heterocycles. The molecule has 7 heteroatoms. The Morgan fingerprint density at radius 3 is 2.70 bits per heavy atom. The van der Waals surface area contributed by atoms with Crippen LogP contribution in [0.2, 0.25) is 0 Å². The highest BCUT2D eigenvalue weighted by Gasteiger charge is 2.29. The third kappa shape index (κ3) is 3.05. The van der Waals surface area contributed by atoms with Crippen LogP contribution in [0.1, 0.15) is 19.8 Å². The van der Waals surface area contributed by atoms with Crippen LogP contribution in [0.3, 0.4) is 0 Å². The number of rotatable bonds is 3. The van der Waals surface area contributed by atoms with Gasteiger partial charge in [0.15, 0.2) is 0 Å². The van der Waals surface area contributed by atoms with Gasteiger partial charge in [0.1, 0.15) is 4.90 Å². The quantitative estimate of drug-likeness (QED) is 0.708. The van der Waals surface area contributed by atoms with Crippen molar-refractivity contribution in [1.82, 2.24) is 4.72 Å². The zero-order valence-corrected chi connectivity index (χ0v) is 12.6. The van der Waals surface area contributed by atoms with Crippen LogP contribution in [-0.4, -0.2) is 39.3 Å². The van der Waals surface area contributed by atoms with Crippen LogP contribution in [0.5, 0.6) is 0 Å². The van der Waals surface area contributed by atoms with E-state index in [0.717, 1.165) is 25.1 Å². The zero-order chi connectivity index (χ0) is 15.0. The highest BCUT2D eigenvalue weighted by Crippen LogP contribution is 2.29. The summed E-state index contributed by atoms with van der Waals surface area (Å²) in [5, 5.41) is 10.1. The van der Waals surface area contributed by atoms with Crippen LogP contribution in [-0.2, 0) is 10.0 Å². The largest absolute Gasteiger partial charge is 0.398 e. The predicted molar refractivity (Wildman–Crippen MR) is 79.2 cm³/mol. The lowest BCUT2D eigenvalue weighted by Gasteiger charge is -2.38. The molecule has 2 rings (SSSR count). The average Bonchev–Trinajstić information content (AvgIpc) is 2.37. The summed E-state index contributed by atoms with van der Waals surface area (Å²) in [4.78, 5) is 2.10. The topological polar surface area (TPSA) is 95.7 Å². The summed E-state index contributed by atoms with van der Waals surface area (Å²) in [6, 6.07) is 4.87. The van der Waals surface area contributed by atoms with E-state index >= 15 is 0 Å². The molecule has 1 aromatic carbocycles. The second-order valence-corrected chi connectivity index (χ2v) is 7.31. The minimum Gasteiger partial charge on any atom is -0.398 e. The number of hydrogen-bond acceptors (Lipinski definition) is 5. The monoisotopic (exact) mass is 299 g/mol. The Hall–Kier alpha value is -1.31. The van der Waals surface area contributed by atoms with Crippen LogP contribution >= 0.6 is 0 Å². The minimum absolute atomic E-state index is 0.0764. The standard InChI is InChI=1S/C13H21N3O3S/c1-13(17)6-3-7-16(9-13)10-4-5-12(11(14)8-10)20(18,19)15-2/h4-5,8,15,17H,3,6-7,9,14H2,1-2H3. The van der Waals surface area contributed by atoms with Crippen LogP contribution < -0.4 is 15.4 Å². The van der Waals surface area contributed by atoms with E-state index in [1.54, 1.807) is 12.1 Å². The first-order valence-electron chi connectivity index (χ1n) is 6.56. The fourth-order valence-electron chi connectivity index (χ4n) is 2.53. The van der Waals surface area contributed by atoms with Crippen molar-refractivity contribution in [1.29, 1.82) is 0 Å². The van der Waals surface area contributed by atoms with Crippen molar-refractivity contribution in [3.05, 3.63) is 18.2 Å². The van der Waals surface area contributed by atoms with Crippen LogP contribution in [0.4, 0.5) is 11.4 Å². The predicted octanol–water partition coefficient (Wildman–Crippen LogP) is 0.528. The molecule has 20 heavy (non-hydrogen) atoms. The second-order valence-electron chi connectivity index (χ2n) is 5.45. The average molecular weight is 299 g/mol. The maximum Gasteiger partial charge on any atom is 0.242 e. The van der Waals surface area contributed by atoms with Gasteiger partial charge in [0, 0.05) is 18.8 Å². The summed E-state index contributed by atoms with van der Waals surface area (Å²) in [5.41, 5.74) is 6.17. The van der Waals surface area contributed by atoms with Gasteiger partial charge in [-0.25, -0.2) is 13.1 Å². The summed E-state index contributed by atoms with van der Waals surface area (Å²) in [5.74, 6) is 0. The Morgan fingerprint density at radius 1 is 1.45 bits per heavy atom. The zero-order valence-electron chi connectivity index (χ0n) is 11.8. The Bertz CT molecular complexity index is 599. The summed E-state index contributed by atoms with van der Waals surface area (Å²) in [7, 11) is -2.19. The molecule has 1 aromatic rings. The van der Waals surface area contributed by atoms with E-state index < -0.39 is 15.6 Å². The van der Waals surface area contributed by atoms with Crippen molar-refractivity contribution in [2.75, 3.05) is 30.8 Å². The maximum atomic E-state index is 11.8. The smallest absolute Gasteiger partial charge is 0.242 e. The van der Waals surface area contributed by atoms with Crippen LogP contribution in [0.25, 0.3) is 0 Å². The lowest BCUT2D eigenvalue weighted by atomic mass is 9.95. The molecule has 1 unspecified atom stereocenters. The van der Waals surface area contributed by atoms with Crippen molar-refractivity contribution in [3.63, 3.8) is 0 Å². The first-order chi connectivity index (χ1) is 9.25. The molecule has 0 aromatic heterocycles. The Balaban J connectivity index is 2.30. The summed E-state index contributed by atoms with van der Waals surface area (Å²) >= 11 is 0.